The molecule has 0 atom stereocenters. The number of anilines is 1. The van der Waals surface area contributed by atoms with Gasteiger partial charge in [-0.2, -0.15) is 0 Å². The lowest BCUT2D eigenvalue weighted by atomic mass is 10.2. The number of hydrogen-bond donors (Lipinski definition) is 1. The maximum atomic E-state index is 14.0. The molecule has 1 aromatic heterocycles. The molecule has 1 heterocycles. The Balaban J connectivity index is 1.60. The minimum atomic E-state index is -3.65. The fourth-order valence-corrected chi connectivity index (χ4v) is 3.67. The van der Waals surface area contributed by atoms with Crippen LogP contribution in [0.4, 0.5) is 10.1 Å². The number of benzene rings is 2. The molecule has 1 amide bonds. The van der Waals surface area contributed by atoms with Gasteiger partial charge in [-0.25, -0.2) is 12.8 Å². The topological polar surface area (TPSA) is 88.6 Å². The first kappa shape index (κ1) is 22.2. The Morgan fingerprint density at radius 3 is 2.48 bits per heavy atom. The number of halogens is 1. The first-order chi connectivity index (χ1) is 14.8. The smallest absolute Gasteiger partial charge is 0.258 e. The lowest BCUT2D eigenvalue weighted by molar-refractivity contribution is -0.123. The number of hydrogen-bond acceptors (Lipinski definition) is 5. The highest BCUT2D eigenvalue weighted by molar-refractivity contribution is 7.92. The third-order valence-electron chi connectivity index (χ3n) is 4.38. The number of ether oxygens (including phenoxy) is 1. The number of pyridine rings is 1. The molecule has 0 aliphatic heterocycles. The van der Waals surface area contributed by atoms with Gasteiger partial charge in [0.05, 0.1) is 18.5 Å². The van der Waals surface area contributed by atoms with Crippen LogP contribution in [-0.4, -0.2) is 32.2 Å². The molecule has 9 heteroatoms. The highest BCUT2D eigenvalue weighted by Crippen LogP contribution is 2.24. The summed E-state index contributed by atoms with van der Waals surface area (Å²) in [7, 11) is -3.65. The van der Waals surface area contributed by atoms with Gasteiger partial charge in [0, 0.05) is 24.5 Å². The summed E-state index contributed by atoms with van der Waals surface area (Å²) in [6.07, 6.45) is 4.37. The maximum absolute atomic E-state index is 14.0. The number of rotatable bonds is 9. The number of sulfonamides is 1. The molecule has 3 rings (SSSR count). The molecular weight excluding hydrogens is 421 g/mol. The van der Waals surface area contributed by atoms with Crippen molar-refractivity contribution in [1.29, 1.82) is 0 Å². The Hall–Kier alpha value is -3.46. The van der Waals surface area contributed by atoms with Gasteiger partial charge in [-0.05, 0) is 42.0 Å². The van der Waals surface area contributed by atoms with E-state index in [0.29, 0.717) is 18.0 Å². The van der Waals surface area contributed by atoms with Crippen molar-refractivity contribution in [3.8, 4) is 5.75 Å². The van der Waals surface area contributed by atoms with Crippen molar-refractivity contribution in [3.05, 3.63) is 90.0 Å². The SMILES string of the molecule is CS(=O)(=O)N(Cc1ccccc1F)c1ccc(OCC(=O)NCc2cccnc2)cc1. The second-order valence-electron chi connectivity index (χ2n) is 6.78. The van der Waals surface area contributed by atoms with Crippen LogP contribution in [0.2, 0.25) is 0 Å². The van der Waals surface area contributed by atoms with Crippen molar-refractivity contribution in [2.45, 2.75) is 13.1 Å². The summed E-state index contributed by atoms with van der Waals surface area (Å²) >= 11 is 0. The first-order valence-corrected chi connectivity index (χ1v) is 11.3. The van der Waals surface area contributed by atoms with Crippen LogP contribution in [0.5, 0.6) is 5.75 Å². The first-order valence-electron chi connectivity index (χ1n) is 9.42. The van der Waals surface area contributed by atoms with Crippen molar-refractivity contribution in [2.75, 3.05) is 17.2 Å². The quantitative estimate of drug-likeness (QED) is 0.549. The van der Waals surface area contributed by atoms with Crippen LogP contribution in [0, 0.1) is 5.82 Å². The Bertz CT molecular complexity index is 1120. The predicted octanol–water partition coefficient (Wildman–Crippen LogP) is 2.88. The van der Waals surface area contributed by atoms with Crippen LogP contribution in [0.15, 0.2) is 73.1 Å². The second-order valence-corrected chi connectivity index (χ2v) is 8.69. The highest BCUT2D eigenvalue weighted by Gasteiger charge is 2.19. The van der Waals surface area contributed by atoms with Crippen molar-refractivity contribution in [3.63, 3.8) is 0 Å². The van der Waals surface area contributed by atoms with Crippen molar-refractivity contribution in [2.24, 2.45) is 0 Å². The third-order valence-corrected chi connectivity index (χ3v) is 5.52. The summed E-state index contributed by atoms with van der Waals surface area (Å²) in [5.74, 6) is -0.377. The van der Waals surface area contributed by atoms with E-state index in [1.165, 1.54) is 12.1 Å². The summed E-state index contributed by atoms with van der Waals surface area (Å²) in [6.45, 7) is 0.0153. The zero-order chi connectivity index (χ0) is 22.3. The van der Waals surface area contributed by atoms with Gasteiger partial charge in [-0.1, -0.05) is 24.3 Å². The molecule has 0 fully saturated rings. The largest absolute Gasteiger partial charge is 0.484 e. The normalized spacial score (nSPS) is 11.0. The molecule has 7 nitrogen and oxygen atoms in total. The predicted molar refractivity (Wildman–Crippen MR) is 115 cm³/mol. The van der Waals surface area contributed by atoms with E-state index in [1.54, 1.807) is 54.9 Å². The molecule has 0 aliphatic rings. The summed E-state index contributed by atoms with van der Waals surface area (Å²) in [5.41, 5.74) is 1.49. The molecular formula is C22H22FN3O4S. The monoisotopic (exact) mass is 443 g/mol. The van der Waals surface area contributed by atoms with Gasteiger partial charge in [0.15, 0.2) is 6.61 Å². The van der Waals surface area contributed by atoms with Crippen molar-refractivity contribution in [1.82, 2.24) is 10.3 Å². The van der Waals surface area contributed by atoms with Gasteiger partial charge in [-0.15, -0.1) is 0 Å². The lowest BCUT2D eigenvalue weighted by Crippen LogP contribution is -2.29. The average Bonchev–Trinajstić information content (AvgIpc) is 2.76. The molecule has 1 N–H and O–H groups in total. The number of amides is 1. The lowest BCUT2D eigenvalue weighted by Gasteiger charge is -2.23. The molecule has 3 aromatic rings. The average molecular weight is 444 g/mol. The minimum Gasteiger partial charge on any atom is -0.484 e. The van der Waals surface area contributed by atoms with Crippen molar-refractivity contribution >= 4 is 21.6 Å². The number of aromatic nitrogens is 1. The molecule has 0 radical (unpaired) electrons. The van der Waals surface area contributed by atoms with Gasteiger partial charge >= 0.3 is 0 Å². The van der Waals surface area contributed by atoms with Crippen LogP contribution < -0.4 is 14.4 Å². The summed E-state index contributed by atoms with van der Waals surface area (Å²) in [5, 5.41) is 2.72. The summed E-state index contributed by atoms with van der Waals surface area (Å²) < 4.78 is 45.1. The van der Waals surface area contributed by atoms with Crippen LogP contribution >= 0.6 is 0 Å². The van der Waals surface area contributed by atoms with E-state index >= 15 is 0 Å². The van der Waals surface area contributed by atoms with Gasteiger partial charge in [0.1, 0.15) is 11.6 Å². The number of nitrogens with zero attached hydrogens (tertiary/aromatic N) is 2. The Morgan fingerprint density at radius 2 is 1.84 bits per heavy atom. The van der Waals surface area contributed by atoms with E-state index in [9.17, 15) is 17.6 Å². The molecule has 0 unspecified atom stereocenters. The molecule has 0 saturated heterocycles. The molecule has 31 heavy (non-hydrogen) atoms. The number of nitrogens with one attached hydrogen (secondary N) is 1. The number of carbonyl (C=O) groups is 1. The van der Waals surface area contributed by atoms with Crippen LogP contribution in [0.1, 0.15) is 11.1 Å². The molecule has 0 spiro atoms. The maximum Gasteiger partial charge on any atom is 0.258 e. The standard InChI is InChI=1S/C22H22FN3O4S/c1-31(28,29)26(15-18-6-2-3-7-21(18)23)19-8-10-20(11-9-19)30-16-22(27)25-14-17-5-4-12-24-13-17/h2-13H,14-16H2,1H3,(H,25,27). The van der Waals surface area contributed by atoms with Crippen LogP contribution in [-0.2, 0) is 27.9 Å². The Morgan fingerprint density at radius 1 is 1.10 bits per heavy atom. The molecule has 162 valence electrons. The van der Waals surface area contributed by atoms with E-state index in [2.05, 4.69) is 10.3 Å². The number of carbonyl (C=O) groups excluding carboxylic acids is 1. The third kappa shape index (κ3) is 6.51. The zero-order valence-electron chi connectivity index (χ0n) is 16.9. The van der Waals surface area contributed by atoms with Gasteiger partial charge in [0.2, 0.25) is 10.0 Å². The summed E-state index contributed by atoms with van der Waals surface area (Å²) in [6, 6.07) is 15.9. The van der Waals surface area contributed by atoms with Crippen molar-refractivity contribution < 1.29 is 22.3 Å². The van der Waals surface area contributed by atoms with E-state index in [-0.39, 0.29) is 24.6 Å². The molecule has 2 aromatic carbocycles. The van der Waals surface area contributed by atoms with Gasteiger partial charge in [0.25, 0.3) is 5.91 Å². The molecule has 0 aliphatic carbocycles. The van der Waals surface area contributed by atoms with Gasteiger partial charge < -0.3 is 10.1 Å². The zero-order valence-corrected chi connectivity index (χ0v) is 17.7. The molecule has 0 saturated carbocycles. The highest BCUT2D eigenvalue weighted by atomic mass is 32.2. The van der Waals surface area contributed by atoms with E-state index in [1.807, 2.05) is 6.07 Å². The second kappa shape index (κ2) is 10.0. The van der Waals surface area contributed by atoms with E-state index in [4.69, 9.17) is 4.74 Å². The fourth-order valence-electron chi connectivity index (χ4n) is 2.79. The Kier molecular flexibility index (Phi) is 7.19. The summed E-state index contributed by atoms with van der Waals surface area (Å²) in [4.78, 5) is 15.9. The van der Waals surface area contributed by atoms with E-state index < -0.39 is 15.8 Å². The Labute approximate surface area is 180 Å². The van der Waals surface area contributed by atoms with Crippen LogP contribution in [0.3, 0.4) is 0 Å². The van der Waals surface area contributed by atoms with E-state index in [0.717, 1.165) is 16.1 Å². The molecule has 0 bridgehead atoms. The van der Waals surface area contributed by atoms with Crippen LogP contribution in [0.25, 0.3) is 0 Å². The van der Waals surface area contributed by atoms with Gasteiger partial charge in [-0.3, -0.25) is 14.1 Å². The fraction of sp³-hybridized carbons (Fsp3) is 0.182. The minimum absolute atomic E-state index is 0.136.